The van der Waals surface area contributed by atoms with Crippen LogP contribution in [0.4, 0.5) is 23.2 Å². The number of halogens is 4. The Labute approximate surface area is 255 Å². The molecule has 0 unspecified atom stereocenters. The molecule has 0 atom stereocenters. The summed E-state index contributed by atoms with van der Waals surface area (Å²) in [5.41, 5.74) is 4.61. The van der Waals surface area contributed by atoms with Crippen LogP contribution in [-0.4, -0.2) is 40.9 Å². The van der Waals surface area contributed by atoms with Gasteiger partial charge in [-0.05, 0) is 52.9 Å². The number of aliphatic imine (C=N–C) groups is 1. The number of imidazole rings is 1. The third kappa shape index (κ3) is 7.00. The summed E-state index contributed by atoms with van der Waals surface area (Å²) in [7, 11) is 2.56. The van der Waals surface area contributed by atoms with Crippen LogP contribution in [-0.2, 0) is 30.0 Å². The number of amidine groups is 1. The molecule has 1 amide bonds. The van der Waals surface area contributed by atoms with Gasteiger partial charge in [-0.25, -0.2) is 14.2 Å². The van der Waals surface area contributed by atoms with Crippen molar-refractivity contribution >= 4 is 34.8 Å². The van der Waals surface area contributed by atoms with E-state index in [1.165, 1.54) is 20.2 Å². The number of ether oxygens (including phenoxy) is 2. The first-order chi connectivity index (χ1) is 21.0. The average Bonchev–Trinajstić information content (AvgIpc) is 3.19. The molecular weight excluding hydrogens is 596 g/mol. The van der Waals surface area contributed by atoms with E-state index >= 15 is 4.39 Å². The quantitative estimate of drug-likeness (QED) is 0.129. The highest BCUT2D eigenvalue weighted by Crippen LogP contribution is 2.41. The van der Waals surface area contributed by atoms with E-state index in [1.54, 1.807) is 18.2 Å². The Morgan fingerprint density at radius 3 is 2.44 bits per heavy atom. The molecule has 1 aromatic heterocycles. The lowest BCUT2D eigenvalue weighted by Crippen LogP contribution is -2.28. The Kier molecular flexibility index (Phi) is 9.07. The molecule has 0 aliphatic rings. The second-order valence-electron chi connectivity index (χ2n) is 11.2. The van der Waals surface area contributed by atoms with Crippen molar-refractivity contribution < 1.29 is 31.8 Å². The number of aryl methyl sites for hydroxylation is 1. The third-order valence-electron chi connectivity index (χ3n) is 7.01. The van der Waals surface area contributed by atoms with E-state index in [2.05, 4.69) is 10.3 Å². The van der Waals surface area contributed by atoms with Gasteiger partial charge in [-0.2, -0.15) is 13.2 Å². The normalized spacial score (nSPS) is 12.3. The lowest BCUT2D eigenvalue weighted by molar-refractivity contribution is -0.137. The van der Waals surface area contributed by atoms with E-state index in [0.29, 0.717) is 12.0 Å². The molecule has 0 spiro atoms. The van der Waals surface area contributed by atoms with Gasteiger partial charge in [0.2, 0.25) is 5.91 Å². The van der Waals surface area contributed by atoms with Crippen LogP contribution in [0.5, 0.6) is 11.5 Å². The molecule has 238 valence electrons. The maximum Gasteiger partial charge on any atom is 0.416 e. The van der Waals surface area contributed by atoms with Crippen LogP contribution < -0.4 is 26.2 Å². The SMILES string of the molecule is COc1cc(-c2cc(C(F)(F)F)cc3c2n(C)c(=O)n3CC(=O)Nc2cccc(C(C)(C)C)c2)cc(F)c1OCC(N)=NC=N. The van der Waals surface area contributed by atoms with E-state index < -0.39 is 42.3 Å². The second kappa shape index (κ2) is 12.5. The van der Waals surface area contributed by atoms with Crippen molar-refractivity contribution in [2.75, 3.05) is 19.0 Å². The minimum absolute atomic E-state index is 0.0352. The number of benzene rings is 3. The summed E-state index contributed by atoms with van der Waals surface area (Å²) in [5, 5.41) is 9.67. The first-order valence-electron chi connectivity index (χ1n) is 13.6. The number of fused-ring (bicyclic) bond motifs is 1. The number of carbonyl (C=O) groups excluding carboxylic acids is 1. The summed E-state index contributed by atoms with van der Waals surface area (Å²) < 4.78 is 70.4. The zero-order valence-electron chi connectivity index (χ0n) is 25.2. The smallest absolute Gasteiger partial charge is 0.416 e. The molecular formula is C31H32F4N6O4. The van der Waals surface area contributed by atoms with Crippen LogP contribution in [0.1, 0.15) is 31.9 Å². The lowest BCUT2D eigenvalue weighted by Gasteiger charge is -2.20. The summed E-state index contributed by atoms with van der Waals surface area (Å²) in [4.78, 5) is 30.0. The highest BCUT2D eigenvalue weighted by Gasteiger charge is 2.33. The number of hydrogen-bond donors (Lipinski definition) is 3. The maximum absolute atomic E-state index is 15.3. The zero-order chi connectivity index (χ0) is 33.3. The maximum atomic E-state index is 15.3. The van der Waals surface area contributed by atoms with Gasteiger partial charge >= 0.3 is 11.9 Å². The van der Waals surface area contributed by atoms with Gasteiger partial charge < -0.3 is 20.5 Å². The number of methoxy groups -OCH3 is 1. The van der Waals surface area contributed by atoms with E-state index in [9.17, 15) is 22.8 Å². The molecule has 10 nitrogen and oxygen atoms in total. The number of rotatable bonds is 9. The molecule has 4 N–H and O–H groups in total. The molecule has 45 heavy (non-hydrogen) atoms. The van der Waals surface area contributed by atoms with Crippen molar-refractivity contribution in [2.45, 2.75) is 38.9 Å². The highest BCUT2D eigenvalue weighted by molar-refractivity contribution is 5.96. The van der Waals surface area contributed by atoms with Crippen LogP contribution in [0.3, 0.4) is 0 Å². The Bertz CT molecular complexity index is 1870. The molecule has 0 aliphatic heterocycles. The molecule has 0 radical (unpaired) electrons. The predicted molar refractivity (Wildman–Crippen MR) is 164 cm³/mol. The summed E-state index contributed by atoms with van der Waals surface area (Å²) in [5.74, 6) is -2.29. The molecule has 0 saturated carbocycles. The number of nitrogens with two attached hydrogens (primary N) is 1. The van der Waals surface area contributed by atoms with Gasteiger partial charge in [0.1, 0.15) is 25.3 Å². The molecule has 0 fully saturated rings. The molecule has 0 aliphatic carbocycles. The van der Waals surface area contributed by atoms with Crippen molar-refractivity contribution in [3.8, 4) is 22.6 Å². The number of aromatic nitrogens is 2. The van der Waals surface area contributed by atoms with Crippen LogP contribution in [0, 0.1) is 11.2 Å². The fourth-order valence-electron chi connectivity index (χ4n) is 4.78. The van der Waals surface area contributed by atoms with Gasteiger partial charge in [0.25, 0.3) is 0 Å². The average molecular weight is 629 g/mol. The van der Waals surface area contributed by atoms with E-state index in [1.807, 2.05) is 26.8 Å². The predicted octanol–water partition coefficient (Wildman–Crippen LogP) is 5.45. The fraction of sp³-hybridized carbons (Fsp3) is 0.290. The van der Waals surface area contributed by atoms with E-state index in [0.717, 1.165) is 32.9 Å². The minimum Gasteiger partial charge on any atom is -0.493 e. The topological polar surface area (TPSA) is 137 Å². The standard InChI is InChI=1S/C31H32F4N6O4/c1-30(2,3)18-7-6-8-20(11-18)39-26(42)14-41-23-13-19(31(33,34)35)12-21(27(23)40(4)29(41)43)17-9-22(32)28(24(10-17)44-5)45-15-25(37)38-16-36/h6-13,16H,14-15H2,1-5H3,(H,39,42)(H3,36,37,38). The molecule has 0 saturated heterocycles. The number of nitrogens with one attached hydrogen (secondary N) is 2. The number of hydrogen-bond acceptors (Lipinski definition) is 5. The number of nitrogens with zero attached hydrogens (tertiary/aromatic N) is 3. The van der Waals surface area contributed by atoms with Crippen LogP contribution in [0.15, 0.2) is 58.3 Å². The van der Waals surface area contributed by atoms with Gasteiger partial charge in [0.05, 0.1) is 23.7 Å². The van der Waals surface area contributed by atoms with Crippen molar-refractivity contribution in [3.63, 3.8) is 0 Å². The monoisotopic (exact) mass is 628 g/mol. The Balaban J connectivity index is 1.83. The molecule has 14 heteroatoms. The van der Waals surface area contributed by atoms with Crippen molar-refractivity contribution in [1.82, 2.24) is 9.13 Å². The number of anilines is 1. The van der Waals surface area contributed by atoms with Crippen molar-refractivity contribution in [2.24, 2.45) is 17.8 Å². The Morgan fingerprint density at radius 2 is 1.82 bits per heavy atom. The van der Waals surface area contributed by atoms with Crippen LogP contribution >= 0.6 is 0 Å². The van der Waals surface area contributed by atoms with Gasteiger partial charge in [0, 0.05) is 18.3 Å². The van der Waals surface area contributed by atoms with Crippen LogP contribution in [0.2, 0.25) is 0 Å². The molecule has 1 heterocycles. The molecule has 4 rings (SSSR count). The summed E-state index contributed by atoms with van der Waals surface area (Å²) in [6.45, 7) is 5.04. The summed E-state index contributed by atoms with van der Waals surface area (Å²) in [6.07, 6.45) is -4.16. The zero-order valence-corrected chi connectivity index (χ0v) is 25.2. The summed E-state index contributed by atoms with van der Waals surface area (Å²) >= 11 is 0. The number of alkyl halides is 3. The third-order valence-corrected chi connectivity index (χ3v) is 7.01. The minimum atomic E-state index is -4.84. The van der Waals surface area contributed by atoms with E-state index in [4.69, 9.17) is 20.6 Å². The largest absolute Gasteiger partial charge is 0.493 e. The second-order valence-corrected chi connectivity index (χ2v) is 11.2. The van der Waals surface area contributed by atoms with E-state index in [-0.39, 0.29) is 44.9 Å². The lowest BCUT2D eigenvalue weighted by atomic mass is 9.87. The molecule has 3 aromatic carbocycles. The number of carbonyl (C=O) groups is 1. The molecule has 4 aromatic rings. The van der Waals surface area contributed by atoms with Crippen molar-refractivity contribution in [3.05, 3.63) is 76.0 Å². The van der Waals surface area contributed by atoms with Crippen LogP contribution in [0.25, 0.3) is 22.2 Å². The van der Waals surface area contributed by atoms with Gasteiger partial charge in [0.15, 0.2) is 17.3 Å². The Hall–Kier alpha value is -5.14. The molecule has 0 bridgehead atoms. The highest BCUT2D eigenvalue weighted by atomic mass is 19.4. The first-order valence-corrected chi connectivity index (χ1v) is 13.6. The Morgan fingerprint density at radius 1 is 1.11 bits per heavy atom. The van der Waals surface area contributed by atoms with Gasteiger partial charge in [-0.15, -0.1) is 0 Å². The summed E-state index contributed by atoms with van der Waals surface area (Å²) in [6, 6.07) is 10.9. The van der Waals surface area contributed by atoms with Gasteiger partial charge in [-0.3, -0.25) is 19.3 Å². The number of amides is 1. The fourth-order valence-corrected chi connectivity index (χ4v) is 4.78. The first kappa shape index (κ1) is 32.8. The van der Waals surface area contributed by atoms with Gasteiger partial charge in [-0.1, -0.05) is 32.9 Å². The van der Waals surface area contributed by atoms with Crippen molar-refractivity contribution in [1.29, 1.82) is 5.41 Å².